The third-order valence-electron chi connectivity index (χ3n) is 4.94. The largest absolute Gasteiger partial charge is 0.445 e. The standard InChI is InChI=1S/C21H23FN2O5S/c22-18-9-5-4-8-17(18)19-10-11-24(12-13-30(19,27)28)20(25)14-23-21(26)29-15-16-6-2-1-3-7-16/h1-9,19H,10-15H2,(H,23,26). The molecule has 1 aliphatic rings. The lowest BCUT2D eigenvalue weighted by Crippen LogP contribution is -2.41. The van der Waals surface area contributed by atoms with Crippen molar-refractivity contribution in [2.75, 3.05) is 25.4 Å². The summed E-state index contributed by atoms with van der Waals surface area (Å²) in [5.74, 6) is -1.26. The van der Waals surface area contributed by atoms with Crippen molar-refractivity contribution in [1.29, 1.82) is 0 Å². The van der Waals surface area contributed by atoms with Gasteiger partial charge in [-0.2, -0.15) is 0 Å². The molecule has 30 heavy (non-hydrogen) atoms. The highest BCUT2D eigenvalue weighted by Gasteiger charge is 2.34. The number of halogens is 1. The van der Waals surface area contributed by atoms with Gasteiger partial charge in [-0.15, -0.1) is 0 Å². The Bertz CT molecular complexity index is 997. The minimum Gasteiger partial charge on any atom is -0.445 e. The average Bonchev–Trinajstić information content (AvgIpc) is 2.90. The highest BCUT2D eigenvalue weighted by Crippen LogP contribution is 2.31. The van der Waals surface area contributed by atoms with E-state index < -0.39 is 32.9 Å². The summed E-state index contributed by atoms with van der Waals surface area (Å²) in [4.78, 5) is 25.6. The molecule has 1 heterocycles. The van der Waals surface area contributed by atoms with Gasteiger partial charge in [0.2, 0.25) is 5.91 Å². The number of nitrogens with one attached hydrogen (secondary N) is 1. The maximum absolute atomic E-state index is 14.1. The van der Waals surface area contributed by atoms with Crippen LogP contribution in [0, 0.1) is 5.82 Å². The van der Waals surface area contributed by atoms with E-state index in [-0.39, 0.29) is 44.0 Å². The lowest BCUT2D eigenvalue weighted by Gasteiger charge is -2.20. The number of alkyl carbamates (subject to hydrolysis) is 1. The molecular formula is C21H23FN2O5S. The predicted octanol–water partition coefficient (Wildman–Crippen LogP) is 2.44. The van der Waals surface area contributed by atoms with Crippen molar-refractivity contribution in [2.24, 2.45) is 0 Å². The first kappa shape index (κ1) is 21.8. The molecule has 1 saturated heterocycles. The summed E-state index contributed by atoms with van der Waals surface area (Å²) in [5.41, 5.74) is 0.935. The lowest BCUT2D eigenvalue weighted by molar-refractivity contribution is -0.129. The number of benzene rings is 2. The van der Waals surface area contributed by atoms with Gasteiger partial charge in [-0.25, -0.2) is 17.6 Å². The highest BCUT2D eigenvalue weighted by molar-refractivity contribution is 7.91. The molecule has 160 valence electrons. The first-order valence-electron chi connectivity index (χ1n) is 9.55. The number of hydrogen-bond acceptors (Lipinski definition) is 5. The van der Waals surface area contributed by atoms with Crippen LogP contribution in [0.1, 0.15) is 22.8 Å². The number of sulfone groups is 1. The number of carbonyl (C=O) groups is 2. The summed E-state index contributed by atoms with van der Waals surface area (Å²) in [6.45, 7) is -0.0875. The molecule has 0 aromatic heterocycles. The number of carbonyl (C=O) groups excluding carboxylic acids is 2. The first-order valence-corrected chi connectivity index (χ1v) is 11.3. The normalized spacial score (nSPS) is 18.3. The zero-order chi connectivity index (χ0) is 21.6. The van der Waals surface area contributed by atoms with E-state index in [4.69, 9.17) is 4.74 Å². The number of ether oxygens (including phenoxy) is 1. The van der Waals surface area contributed by atoms with Crippen molar-refractivity contribution in [3.05, 3.63) is 71.5 Å². The molecule has 0 spiro atoms. The molecule has 0 saturated carbocycles. The Morgan fingerprint density at radius 1 is 1.07 bits per heavy atom. The van der Waals surface area contributed by atoms with Crippen molar-refractivity contribution in [2.45, 2.75) is 18.3 Å². The van der Waals surface area contributed by atoms with Crippen LogP contribution in [0.3, 0.4) is 0 Å². The van der Waals surface area contributed by atoms with Crippen LogP contribution in [0.2, 0.25) is 0 Å². The Kier molecular flexibility index (Phi) is 7.04. The Balaban J connectivity index is 1.53. The van der Waals surface area contributed by atoms with Gasteiger partial charge in [0.05, 0.1) is 11.0 Å². The van der Waals surface area contributed by atoms with Crippen molar-refractivity contribution in [1.82, 2.24) is 10.2 Å². The van der Waals surface area contributed by atoms with Gasteiger partial charge in [0.15, 0.2) is 9.84 Å². The van der Waals surface area contributed by atoms with Gasteiger partial charge in [0, 0.05) is 18.7 Å². The molecule has 1 N–H and O–H groups in total. The Hall–Kier alpha value is -2.94. The van der Waals surface area contributed by atoms with Gasteiger partial charge >= 0.3 is 6.09 Å². The molecule has 2 amide bonds. The van der Waals surface area contributed by atoms with Crippen molar-refractivity contribution >= 4 is 21.8 Å². The predicted molar refractivity (Wildman–Crippen MR) is 109 cm³/mol. The average molecular weight is 434 g/mol. The van der Waals surface area contributed by atoms with Gasteiger partial charge < -0.3 is 15.0 Å². The SMILES string of the molecule is O=C(NCC(=O)N1CCC(c2ccccc2F)S(=O)(=O)CC1)OCc1ccccc1. The van der Waals surface area contributed by atoms with Gasteiger partial charge in [-0.05, 0) is 18.1 Å². The molecule has 1 aliphatic heterocycles. The van der Waals surface area contributed by atoms with Crippen molar-refractivity contribution in [3.8, 4) is 0 Å². The van der Waals surface area contributed by atoms with Crippen LogP contribution >= 0.6 is 0 Å². The van der Waals surface area contributed by atoms with Crippen molar-refractivity contribution in [3.63, 3.8) is 0 Å². The summed E-state index contributed by atoms with van der Waals surface area (Å²) in [7, 11) is -3.62. The molecular weight excluding hydrogens is 411 g/mol. The smallest absolute Gasteiger partial charge is 0.407 e. The van der Waals surface area contributed by atoms with E-state index in [2.05, 4.69) is 5.32 Å². The molecule has 2 aromatic carbocycles. The van der Waals surface area contributed by atoms with E-state index in [0.29, 0.717) is 0 Å². The molecule has 0 radical (unpaired) electrons. The van der Waals surface area contributed by atoms with E-state index in [1.807, 2.05) is 30.3 Å². The van der Waals surface area contributed by atoms with Crippen LogP contribution in [-0.2, 0) is 26.0 Å². The summed E-state index contributed by atoms with van der Waals surface area (Å²) in [5, 5.41) is 1.38. The zero-order valence-electron chi connectivity index (χ0n) is 16.3. The Labute approximate surface area is 174 Å². The second-order valence-electron chi connectivity index (χ2n) is 6.96. The summed E-state index contributed by atoms with van der Waals surface area (Å²) < 4.78 is 44.4. The van der Waals surface area contributed by atoms with E-state index in [1.54, 1.807) is 6.07 Å². The first-order chi connectivity index (χ1) is 14.4. The number of nitrogens with zero attached hydrogens (tertiary/aromatic N) is 1. The van der Waals surface area contributed by atoms with E-state index in [9.17, 15) is 22.4 Å². The fraction of sp³-hybridized carbons (Fsp3) is 0.333. The van der Waals surface area contributed by atoms with Gasteiger partial charge in [0.25, 0.3) is 0 Å². The van der Waals surface area contributed by atoms with Crippen LogP contribution in [0.4, 0.5) is 9.18 Å². The zero-order valence-corrected chi connectivity index (χ0v) is 17.1. The van der Waals surface area contributed by atoms with Gasteiger partial charge in [-0.1, -0.05) is 48.5 Å². The van der Waals surface area contributed by atoms with Crippen LogP contribution < -0.4 is 5.32 Å². The Morgan fingerprint density at radius 3 is 2.50 bits per heavy atom. The van der Waals surface area contributed by atoms with Crippen LogP contribution in [0.15, 0.2) is 54.6 Å². The molecule has 0 bridgehead atoms. The molecule has 1 atom stereocenters. The Morgan fingerprint density at radius 2 is 1.77 bits per heavy atom. The number of rotatable bonds is 5. The molecule has 2 aromatic rings. The minimum absolute atomic E-state index is 0.00708. The molecule has 1 fully saturated rings. The van der Waals surface area contributed by atoms with E-state index in [1.165, 1.54) is 23.1 Å². The molecule has 7 nitrogen and oxygen atoms in total. The second kappa shape index (κ2) is 9.71. The topological polar surface area (TPSA) is 92.8 Å². The summed E-state index contributed by atoms with van der Waals surface area (Å²) >= 11 is 0. The molecule has 1 unspecified atom stereocenters. The fourth-order valence-electron chi connectivity index (χ4n) is 3.31. The second-order valence-corrected chi connectivity index (χ2v) is 9.26. The highest BCUT2D eigenvalue weighted by atomic mass is 32.2. The van der Waals surface area contributed by atoms with E-state index >= 15 is 0 Å². The van der Waals surface area contributed by atoms with Gasteiger partial charge in [0.1, 0.15) is 19.0 Å². The molecule has 9 heteroatoms. The third-order valence-corrected chi connectivity index (χ3v) is 7.05. The number of amides is 2. The fourth-order valence-corrected chi connectivity index (χ4v) is 5.11. The van der Waals surface area contributed by atoms with Crippen LogP contribution in [0.25, 0.3) is 0 Å². The maximum Gasteiger partial charge on any atom is 0.407 e. The monoisotopic (exact) mass is 434 g/mol. The van der Waals surface area contributed by atoms with Crippen LogP contribution in [0.5, 0.6) is 0 Å². The number of hydrogen-bond donors (Lipinski definition) is 1. The molecule has 3 rings (SSSR count). The molecule has 0 aliphatic carbocycles. The maximum atomic E-state index is 14.1. The third kappa shape index (κ3) is 5.56. The van der Waals surface area contributed by atoms with Crippen LogP contribution in [-0.4, -0.2) is 50.7 Å². The summed E-state index contributed by atoms with van der Waals surface area (Å²) in [6.07, 6.45) is -0.646. The van der Waals surface area contributed by atoms with Crippen molar-refractivity contribution < 1.29 is 27.1 Å². The van der Waals surface area contributed by atoms with E-state index in [0.717, 1.165) is 5.56 Å². The quantitative estimate of drug-likeness (QED) is 0.780. The lowest BCUT2D eigenvalue weighted by atomic mass is 10.1. The minimum atomic E-state index is -3.62. The summed E-state index contributed by atoms with van der Waals surface area (Å²) in [6, 6.07) is 14.9. The van der Waals surface area contributed by atoms with Gasteiger partial charge in [-0.3, -0.25) is 4.79 Å².